The fraction of sp³-hybridized carbons (Fsp3) is 0.500. The highest BCUT2D eigenvalue weighted by Gasteiger charge is 2.10. The summed E-state index contributed by atoms with van der Waals surface area (Å²) in [4.78, 5) is 14.0. The molecule has 1 amide bonds. The smallest absolute Gasteiger partial charge is 0.238 e. The minimum absolute atomic E-state index is 0.00481. The SMILES string of the molecule is CCCN(CC)CC(=O)Nc1ccccc1OC. The average Bonchev–Trinajstić information content (AvgIpc) is 2.38. The van der Waals surface area contributed by atoms with Crippen LogP contribution < -0.4 is 10.1 Å². The molecule has 0 aliphatic rings. The molecule has 0 saturated carbocycles. The molecule has 0 bridgehead atoms. The largest absolute Gasteiger partial charge is 0.495 e. The number of carbonyl (C=O) groups is 1. The molecule has 4 heteroatoms. The lowest BCUT2D eigenvalue weighted by atomic mass is 10.3. The van der Waals surface area contributed by atoms with E-state index >= 15 is 0 Å². The van der Waals surface area contributed by atoms with E-state index in [9.17, 15) is 4.79 Å². The molecule has 0 atom stereocenters. The van der Waals surface area contributed by atoms with Gasteiger partial charge in [0.1, 0.15) is 5.75 Å². The molecule has 100 valence electrons. The van der Waals surface area contributed by atoms with Crippen LogP contribution >= 0.6 is 0 Å². The van der Waals surface area contributed by atoms with E-state index in [2.05, 4.69) is 24.1 Å². The Morgan fingerprint density at radius 1 is 1.33 bits per heavy atom. The van der Waals surface area contributed by atoms with Crippen LogP contribution in [-0.2, 0) is 4.79 Å². The van der Waals surface area contributed by atoms with E-state index < -0.39 is 0 Å². The highest BCUT2D eigenvalue weighted by atomic mass is 16.5. The molecule has 0 spiro atoms. The Bertz CT molecular complexity index is 380. The summed E-state index contributed by atoms with van der Waals surface area (Å²) in [6.07, 6.45) is 1.05. The minimum Gasteiger partial charge on any atom is -0.495 e. The van der Waals surface area contributed by atoms with Crippen molar-refractivity contribution in [1.29, 1.82) is 0 Å². The van der Waals surface area contributed by atoms with Gasteiger partial charge in [0.25, 0.3) is 0 Å². The third-order valence-electron chi connectivity index (χ3n) is 2.74. The molecule has 0 heterocycles. The lowest BCUT2D eigenvalue weighted by Crippen LogP contribution is -2.33. The summed E-state index contributed by atoms with van der Waals surface area (Å²) in [5.41, 5.74) is 0.720. The number of hydrogen-bond acceptors (Lipinski definition) is 3. The lowest BCUT2D eigenvalue weighted by Gasteiger charge is -2.19. The summed E-state index contributed by atoms with van der Waals surface area (Å²) in [5.74, 6) is 0.680. The Labute approximate surface area is 109 Å². The van der Waals surface area contributed by atoms with Crippen LogP contribution in [0.1, 0.15) is 20.3 Å². The number of hydrogen-bond donors (Lipinski definition) is 1. The summed E-state index contributed by atoms with van der Waals surface area (Å²) in [6, 6.07) is 7.43. The van der Waals surface area contributed by atoms with Gasteiger partial charge in [0.05, 0.1) is 19.3 Å². The predicted molar refractivity (Wildman–Crippen MR) is 74.0 cm³/mol. The average molecular weight is 250 g/mol. The fourth-order valence-electron chi connectivity index (χ4n) is 1.81. The van der Waals surface area contributed by atoms with Gasteiger partial charge in [-0.1, -0.05) is 26.0 Å². The lowest BCUT2D eigenvalue weighted by molar-refractivity contribution is -0.117. The zero-order valence-corrected chi connectivity index (χ0v) is 11.4. The van der Waals surface area contributed by atoms with Gasteiger partial charge in [-0.2, -0.15) is 0 Å². The molecule has 1 aromatic carbocycles. The Balaban J connectivity index is 2.58. The number of ether oxygens (including phenoxy) is 1. The quantitative estimate of drug-likeness (QED) is 0.807. The van der Waals surface area contributed by atoms with E-state index in [4.69, 9.17) is 4.74 Å². The Morgan fingerprint density at radius 2 is 2.06 bits per heavy atom. The van der Waals surface area contributed by atoms with Crippen molar-refractivity contribution >= 4 is 11.6 Å². The molecular formula is C14H22N2O2. The first-order valence-corrected chi connectivity index (χ1v) is 6.36. The maximum absolute atomic E-state index is 11.9. The Morgan fingerprint density at radius 3 is 2.67 bits per heavy atom. The standard InChI is InChI=1S/C14H22N2O2/c1-4-10-16(5-2)11-14(17)15-12-8-6-7-9-13(12)18-3/h6-9H,4-5,10-11H2,1-3H3,(H,15,17). The fourth-order valence-corrected chi connectivity index (χ4v) is 1.81. The first-order valence-electron chi connectivity index (χ1n) is 6.36. The number of nitrogens with one attached hydrogen (secondary N) is 1. The number of methoxy groups -OCH3 is 1. The van der Waals surface area contributed by atoms with Crippen molar-refractivity contribution in [2.45, 2.75) is 20.3 Å². The van der Waals surface area contributed by atoms with Gasteiger partial charge in [-0.3, -0.25) is 9.69 Å². The Hall–Kier alpha value is -1.55. The van der Waals surface area contributed by atoms with Gasteiger partial charge < -0.3 is 10.1 Å². The van der Waals surface area contributed by atoms with E-state index in [1.54, 1.807) is 7.11 Å². The maximum Gasteiger partial charge on any atom is 0.238 e. The molecule has 18 heavy (non-hydrogen) atoms. The van der Waals surface area contributed by atoms with E-state index in [0.29, 0.717) is 12.3 Å². The number of amides is 1. The second-order valence-corrected chi connectivity index (χ2v) is 4.12. The van der Waals surface area contributed by atoms with E-state index in [1.807, 2.05) is 24.3 Å². The Kier molecular flexibility index (Phi) is 6.22. The molecule has 0 aliphatic carbocycles. The minimum atomic E-state index is -0.00481. The highest BCUT2D eigenvalue weighted by molar-refractivity contribution is 5.93. The molecular weight excluding hydrogens is 228 g/mol. The van der Waals surface area contributed by atoms with Crippen LogP contribution in [0.4, 0.5) is 5.69 Å². The van der Waals surface area contributed by atoms with E-state index in [-0.39, 0.29) is 5.91 Å². The molecule has 0 unspecified atom stereocenters. The first kappa shape index (κ1) is 14.5. The van der Waals surface area contributed by atoms with Crippen molar-refractivity contribution in [3.8, 4) is 5.75 Å². The number of para-hydroxylation sites is 2. The van der Waals surface area contributed by atoms with Crippen molar-refractivity contribution < 1.29 is 9.53 Å². The number of anilines is 1. The van der Waals surface area contributed by atoms with Crippen molar-refractivity contribution in [2.24, 2.45) is 0 Å². The summed E-state index contributed by atoms with van der Waals surface area (Å²) in [5, 5.41) is 2.88. The van der Waals surface area contributed by atoms with Gasteiger partial charge in [0.2, 0.25) is 5.91 Å². The number of rotatable bonds is 7. The molecule has 4 nitrogen and oxygen atoms in total. The second kappa shape index (κ2) is 7.71. The van der Waals surface area contributed by atoms with Crippen molar-refractivity contribution in [3.05, 3.63) is 24.3 Å². The normalized spacial score (nSPS) is 10.4. The van der Waals surface area contributed by atoms with Gasteiger partial charge in [-0.15, -0.1) is 0 Å². The van der Waals surface area contributed by atoms with Crippen LogP contribution in [0.15, 0.2) is 24.3 Å². The molecule has 0 aromatic heterocycles. The van der Waals surface area contributed by atoms with E-state index in [1.165, 1.54) is 0 Å². The second-order valence-electron chi connectivity index (χ2n) is 4.12. The highest BCUT2D eigenvalue weighted by Crippen LogP contribution is 2.22. The third kappa shape index (κ3) is 4.37. The summed E-state index contributed by atoms with van der Waals surface area (Å²) >= 11 is 0. The van der Waals surface area contributed by atoms with Crippen LogP contribution in [0.5, 0.6) is 5.75 Å². The summed E-state index contributed by atoms with van der Waals surface area (Å²) in [6.45, 7) is 6.41. The topological polar surface area (TPSA) is 41.6 Å². The van der Waals surface area contributed by atoms with Gasteiger partial charge in [-0.05, 0) is 31.6 Å². The first-order chi connectivity index (χ1) is 8.71. The molecule has 0 saturated heterocycles. The van der Waals surface area contributed by atoms with Crippen molar-refractivity contribution in [3.63, 3.8) is 0 Å². The molecule has 0 radical (unpaired) electrons. The van der Waals surface area contributed by atoms with Crippen molar-refractivity contribution in [1.82, 2.24) is 4.90 Å². The van der Waals surface area contributed by atoms with Gasteiger partial charge in [0.15, 0.2) is 0 Å². The molecule has 0 fully saturated rings. The zero-order valence-electron chi connectivity index (χ0n) is 11.4. The number of nitrogens with zero attached hydrogens (tertiary/aromatic N) is 1. The number of carbonyl (C=O) groups excluding carboxylic acids is 1. The van der Waals surface area contributed by atoms with Crippen LogP contribution in [0.2, 0.25) is 0 Å². The zero-order chi connectivity index (χ0) is 13.4. The van der Waals surface area contributed by atoms with Gasteiger partial charge >= 0.3 is 0 Å². The van der Waals surface area contributed by atoms with Crippen molar-refractivity contribution in [2.75, 3.05) is 32.1 Å². The van der Waals surface area contributed by atoms with Crippen LogP contribution in [0, 0.1) is 0 Å². The van der Waals surface area contributed by atoms with Gasteiger partial charge in [-0.25, -0.2) is 0 Å². The number of benzene rings is 1. The monoisotopic (exact) mass is 250 g/mol. The van der Waals surface area contributed by atoms with E-state index in [0.717, 1.165) is 25.2 Å². The van der Waals surface area contributed by atoms with Crippen LogP contribution in [0.3, 0.4) is 0 Å². The third-order valence-corrected chi connectivity index (χ3v) is 2.74. The molecule has 1 aromatic rings. The molecule has 1 N–H and O–H groups in total. The maximum atomic E-state index is 11.9. The van der Waals surface area contributed by atoms with Crippen LogP contribution in [-0.4, -0.2) is 37.6 Å². The summed E-state index contributed by atoms with van der Waals surface area (Å²) in [7, 11) is 1.60. The molecule has 0 aliphatic heterocycles. The van der Waals surface area contributed by atoms with Gasteiger partial charge in [0, 0.05) is 0 Å². The number of likely N-dealkylation sites (N-methyl/N-ethyl adjacent to an activating group) is 1. The van der Waals surface area contributed by atoms with Crippen LogP contribution in [0.25, 0.3) is 0 Å². The molecule has 1 rings (SSSR count). The predicted octanol–water partition coefficient (Wildman–Crippen LogP) is 2.37. The summed E-state index contributed by atoms with van der Waals surface area (Å²) < 4.78 is 5.20.